The highest BCUT2D eigenvalue weighted by Gasteiger charge is 2.18. The lowest BCUT2D eigenvalue weighted by atomic mass is 10.1. The van der Waals surface area contributed by atoms with Crippen molar-refractivity contribution in [3.63, 3.8) is 0 Å². The Morgan fingerprint density at radius 3 is 2.87 bits per heavy atom. The highest BCUT2D eigenvalue weighted by atomic mass is 16.3. The second-order valence-electron chi connectivity index (χ2n) is 3.89. The lowest BCUT2D eigenvalue weighted by molar-refractivity contribution is 0.154. The number of aliphatic hydroxyl groups is 1. The van der Waals surface area contributed by atoms with Gasteiger partial charge in [-0.05, 0) is 25.0 Å². The number of aromatic nitrogens is 1. The molecular weight excluding hydrogens is 192 g/mol. The molecule has 1 aliphatic heterocycles. The van der Waals surface area contributed by atoms with Gasteiger partial charge in [0.15, 0.2) is 0 Å². The molecule has 0 aliphatic carbocycles. The number of hydrogen-bond acceptors (Lipinski definition) is 5. The Balaban J connectivity index is 2.18. The molecule has 0 saturated carbocycles. The molecule has 5 N–H and O–H groups in total. The average Bonchev–Trinajstić information content (AvgIpc) is 2.22. The zero-order valence-corrected chi connectivity index (χ0v) is 8.56. The second-order valence-corrected chi connectivity index (χ2v) is 3.89. The van der Waals surface area contributed by atoms with Crippen LogP contribution in [-0.4, -0.2) is 29.3 Å². The molecule has 1 aromatic rings. The van der Waals surface area contributed by atoms with E-state index in [2.05, 4.69) is 4.98 Å². The van der Waals surface area contributed by atoms with E-state index in [1.807, 2.05) is 11.0 Å². The molecule has 1 atom stereocenters. The summed E-state index contributed by atoms with van der Waals surface area (Å²) in [5, 5.41) is 9.54. The third kappa shape index (κ3) is 2.12. The first-order valence-corrected chi connectivity index (χ1v) is 5.12. The topological polar surface area (TPSA) is 88.4 Å². The molecule has 0 spiro atoms. The van der Waals surface area contributed by atoms with E-state index in [9.17, 15) is 5.11 Å². The Morgan fingerprint density at radius 1 is 1.40 bits per heavy atom. The van der Waals surface area contributed by atoms with E-state index in [0.717, 1.165) is 25.2 Å². The van der Waals surface area contributed by atoms with Gasteiger partial charge in [-0.15, -0.1) is 0 Å². The maximum Gasteiger partial charge on any atom is 0.149 e. The van der Waals surface area contributed by atoms with Crippen molar-refractivity contribution >= 4 is 17.3 Å². The van der Waals surface area contributed by atoms with Crippen LogP contribution in [0.3, 0.4) is 0 Å². The summed E-state index contributed by atoms with van der Waals surface area (Å²) in [5.41, 5.74) is 11.7. The van der Waals surface area contributed by atoms with Gasteiger partial charge in [-0.2, -0.15) is 0 Å². The summed E-state index contributed by atoms with van der Waals surface area (Å²) < 4.78 is 0. The third-order valence-electron chi connectivity index (χ3n) is 2.66. The third-order valence-corrected chi connectivity index (χ3v) is 2.66. The molecule has 1 saturated heterocycles. The fraction of sp³-hybridized carbons (Fsp3) is 0.500. The lowest BCUT2D eigenvalue weighted by Gasteiger charge is -2.31. The minimum atomic E-state index is -0.265. The molecule has 1 fully saturated rings. The summed E-state index contributed by atoms with van der Waals surface area (Å²) in [6.07, 6.45) is 1.58. The molecule has 1 aliphatic rings. The van der Waals surface area contributed by atoms with Crippen LogP contribution in [0.2, 0.25) is 0 Å². The number of nitrogens with zero attached hydrogens (tertiary/aromatic N) is 2. The van der Waals surface area contributed by atoms with E-state index in [-0.39, 0.29) is 6.10 Å². The average molecular weight is 208 g/mol. The summed E-state index contributed by atoms with van der Waals surface area (Å²) in [6, 6.07) is 3.59. The number of pyridine rings is 1. The van der Waals surface area contributed by atoms with E-state index < -0.39 is 0 Å². The minimum Gasteiger partial charge on any atom is -0.396 e. The van der Waals surface area contributed by atoms with Gasteiger partial charge in [0.25, 0.3) is 0 Å². The maximum absolute atomic E-state index is 9.54. The Morgan fingerprint density at radius 2 is 2.20 bits per heavy atom. The van der Waals surface area contributed by atoms with Crippen molar-refractivity contribution in [2.45, 2.75) is 18.9 Å². The van der Waals surface area contributed by atoms with Crippen LogP contribution >= 0.6 is 0 Å². The van der Waals surface area contributed by atoms with Crippen molar-refractivity contribution in [3.05, 3.63) is 12.1 Å². The lowest BCUT2D eigenvalue weighted by Crippen LogP contribution is -2.38. The first-order chi connectivity index (χ1) is 7.16. The molecule has 2 heterocycles. The van der Waals surface area contributed by atoms with E-state index >= 15 is 0 Å². The molecule has 0 aromatic carbocycles. The van der Waals surface area contributed by atoms with Crippen LogP contribution in [0, 0.1) is 0 Å². The van der Waals surface area contributed by atoms with Crippen molar-refractivity contribution in [1.29, 1.82) is 0 Å². The maximum atomic E-state index is 9.54. The summed E-state index contributed by atoms with van der Waals surface area (Å²) >= 11 is 0. The number of nitrogen functional groups attached to an aromatic ring is 2. The van der Waals surface area contributed by atoms with Crippen LogP contribution in [0.1, 0.15) is 12.8 Å². The second kappa shape index (κ2) is 3.94. The number of piperidine rings is 1. The van der Waals surface area contributed by atoms with Gasteiger partial charge in [-0.3, -0.25) is 0 Å². The SMILES string of the molecule is Nc1ccc(N2CCCC(O)C2)nc1N. The smallest absolute Gasteiger partial charge is 0.149 e. The summed E-state index contributed by atoms with van der Waals surface area (Å²) in [4.78, 5) is 6.23. The van der Waals surface area contributed by atoms with Crippen LogP contribution < -0.4 is 16.4 Å². The molecule has 1 unspecified atom stereocenters. The molecule has 82 valence electrons. The van der Waals surface area contributed by atoms with Crippen LogP contribution in [0.4, 0.5) is 17.3 Å². The van der Waals surface area contributed by atoms with Gasteiger partial charge in [0.1, 0.15) is 11.6 Å². The molecular formula is C10H16N4O. The fourth-order valence-corrected chi connectivity index (χ4v) is 1.81. The first kappa shape index (κ1) is 10.0. The Labute approximate surface area is 88.7 Å². The van der Waals surface area contributed by atoms with Gasteiger partial charge in [-0.25, -0.2) is 4.98 Å². The molecule has 5 heteroatoms. The Hall–Kier alpha value is -1.49. The zero-order chi connectivity index (χ0) is 10.8. The van der Waals surface area contributed by atoms with E-state index in [4.69, 9.17) is 11.5 Å². The molecule has 0 radical (unpaired) electrons. The van der Waals surface area contributed by atoms with Crippen molar-refractivity contribution < 1.29 is 5.11 Å². The summed E-state index contributed by atoms with van der Waals surface area (Å²) in [6.45, 7) is 1.53. The standard InChI is InChI=1S/C10H16N4O/c11-8-3-4-9(13-10(8)12)14-5-1-2-7(15)6-14/h3-4,7,15H,1-2,5-6,11H2,(H2,12,13). The van der Waals surface area contributed by atoms with Crippen LogP contribution in [0.25, 0.3) is 0 Å². The molecule has 5 nitrogen and oxygen atoms in total. The highest BCUT2D eigenvalue weighted by Crippen LogP contribution is 2.21. The number of anilines is 3. The normalized spacial score (nSPS) is 21.7. The predicted molar refractivity (Wildman–Crippen MR) is 60.5 cm³/mol. The monoisotopic (exact) mass is 208 g/mol. The quantitative estimate of drug-likeness (QED) is 0.614. The van der Waals surface area contributed by atoms with Gasteiger partial charge in [0.2, 0.25) is 0 Å². The number of rotatable bonds is 1. The van der Waals surface area contributed by atoms with Crippen LogP contribution in [-0.2, 0) is 0 Å². The number of hydrogen-bond donors (Lipinski definition) is 3. The number of nitrogens with two attached hydrogens (primary N) is 2. The van der Waals surface area contributed by atoms with Gasteiger partial charge in [-0.1, -0.05) is 0 Å². The van der Waals surface area contributed by atoms with Gasteiger partial charge in [0.05, 0.1) is 11.8 Å². The molecule has 15 heavy (non-hydrogen) atoms. The van der Waals surface area contributed by atoms with Crippen molar-refractivity contribution in [2.75, 3.05) is 29.5 Å². The fourth-order valence-electron chi connectivity index (χ4n) is 1.81. The summed E-state index contributed by atoms with van der Waals surface area (Å²) in [5.74, 6) is 1.15. The number of aliphatic hydroxyl groups excluding tert-OH is 1. The Bertz CT molecular complexity index is 355. The Kier molecular flexibility index (Phi) is 2.64. The van der Waals surface area contributed by atoms with Crippen LogP contribution in [0.15, 0.2) is 12.1 Å². The largest absolute Gasteiger partial charge is 0.396 e. The number of β-amino-alcohol motifs (C(OH)–C–C–N with tert-alkyl or cyclic N) is 1. The molecule has 2 rings (SSSR count). The van der Waals surface area contributed by atoms with E-state index in [1.165, 1.54) is 0 Å². The molecule has 0 amide bonds. The van der Waals surface area contributed by atoms with Gasteiger partial charge in [0, 0.05) is 13.1 Å². The molecule has 0 bridgehead atoms. The molecule has 1 aromatic heterocycles. The van der Waals surface area contributed by atoms with E-state index in [0.29, 0.717) is 18.1 Å². The van der Waals surface area contributed by atoms with E-state index in [1.54, 1.807) is 6.07 Å². The van der Waals surface area contributed by atoms with Crippen molar-refractivity contribution in [2.24, 2.45) is 0 Å². The predicted octanol–water partition coefficient (Wildman–Crippen LogP) is 0.207. The first-order valence-electron chi connectivity index (χ1n) is 5.12. The zero-order valence-electron chi connectivity index (χ0n) is 8.56. The minimum absolute atomic E-state index is 0.265. The van der Waals surface area contributed by atoms with Crippen molar-refractivity contribution in [3.8, 4) is 0 Å². The van der Waals surface area contributed by atoms with Crippen molar-refractivity contribution in [1.82, 2.24) is 4.98 Å². The highest BCUT2D eigenvalue weighted by molar-refractivity contribution is 5.62. The van der Waals surface area contributed by atoms with Crippen LogP contribution in [0.5, 0.6) is 0 Å². The van der Waals surface area contributed by atoms with Gasteiger partial charge < -0.3 is 21.5 Å². The summed E-state index contributed by atoms with van der Waals surface area (Å²) in [7, 11) is 0. The van der Waals surface area contributed by atoms with Gasteiger partial charge >= 0.3 is 0 Å².